The summed E-state index contributed by atoms with van der Waals surface area (Å²) in [6, 6.07) is 83.6. The van der Waals surface area contributed by atoms with E-state index >= 15 is 0 Å². The maximum atomic E-state index is 2.41. The van der Waals surface area contributed by atoms with Gasteiger partial charge >= 0.3 is 0 Å². The summed E-state index contributed by atoms with van der Waals surface area (Å²) in [4.78, 5) is 4.83. The molecule has 2 nitrogen and oxygen atoms in total. The average molecular weight is 739 g/mol. The predicted molar refractivity (Wildman–Crippen MR) is 248 cm³/mol. The smallest absolute Gasteiger partial charge is 0.0540 e. The maximum absolute atomic E-state index is 2.41. The molecule has 0 fully saturated rings. The van der Waals surface area contributed by atoms with Gasteiger partial charge < -0.3 is 9.80 Å². The first kappa shape index (κ1) is 33.6. The van der Waals surface area contributed by atoms with Crippen molar-refractivity contribution >= 4 is 77.2 Å². The zero-order valence-corrected chi connectivity index (χ0v) is 31.8. The Morgan fingerprint density at radius 1 is 0.207 bits per heavy atom. The molecule has 0 aliphatic carbocycles. The normalized spacial score (nSPS) is 11.4. The van der Waals surface area contributed by atoms with Gasteiger partial charge in [-0.2, -0.15) is 0 Å². The van der Waals surface area contributed by atoms with Crippen LogP contribution in [0.4, 0.5) is 34.1 Å². The monoisotopic (exact) mass is 738 g/mol. The van der Waals surface area contributed by atoms with Crippen molar-refractivity contribution in [3.63, 3.8) is 0 Å². The SMILES string of the molecule is c1ccc(-c2cccc(N(c3ccccc3)c3ccc4c5ccc(N(c6ccccc6)c6cccc(-c7ccccc7)c6)c6cccc(c7cccc3c74)c65)c2)cc1. The molecule has 0 atom stereocenters. The van der Waals surface area contributed by atoms with Crippen LogP contribution in [0.15, 0.2) is 231 Å². The summed E-state index contributed by atoms with van der Waals surface area (Å²) in [6.45, 7) is 0. The molecule has 11 aromatic rings. The molecule has 0 aliphatic rings. The molecule has 0 unspecified atom stereocenters. The van der Waals surface area contributed by atoms with E-state index in [1.165, 1.54) is 65.3 Å². The largest absolute Gasteiger partial charge is 0.310 e. The highest BCUT2D eigenvalue weighted by Gasteiger charge is 2.23. The van der Waals surface area contributed by atoms with E-state index in [1.807, 2.05) is 0 Å². The Balaban J connectivity index is 1.13. The van der Waals surface area contributed by atoms with Crippen LogP contribution in [0.2, 0.25) is 0 Å². The molecular formula is C56H38N2. The van der Waals surface area contributed by atoms with E-state index in [1.54, 1.807) is 0 Å². The van der Waals surface area contributed by atoms with Crippen LogP contribution in [-0.4, -0.2) is 0 Å². The van der Waals surface area contributed by atoms with Gasteiger partial charge in [0.05, 0.1) is 11.4 Å². The van der Waals surface area contributed by atoms with Gasteiger partial charge in [0.1, 0.15) is 0 Å². The number of hydrogen-bond acceptors (Lipinski definition) is 2. The first-order valence-electron chi connectivity index (χ1n) is 19.9. The van der Waals surface area contributed by atoms with E-state index in [-0.39, 0.29) is 0 Å². The Hall–Kier alpha value is -7.68. The summed E-state index contributed by atoms with van der Waals surface area (Å²) in [5.74, 6) is 0. The summed E-state index contributed by atoms with van der Waals surface area (Å²) >= 11 is 0. The Bertz CT molecular complexity index is 2970. The third-order valence-corrected chi connectivity index (χ3v) is 11.5. The molecule has 0 radical (unpaired) electrons. The second-order valence-electron chi connectivity index (χ2n) is 14.9. The Morgan fingerprint density at radius 3 is 0.931 bits per heavy atom. The third-order valence-electron chi connectivity index (χ3n) is 11.5. The zero-order chi connectivity index (χ0) is 38.4. The lowest BCUT2D eigenvalue weighted by Crippen LogP contribution is -2.11. The van der Waals surface area contributed by atoms with E-state index in [0.29, 0.717) is 0 Å². The van der Waals surface area contributed by atoms with E-state index in [9.17, 15) is 0 Å². The molecular weight excluding hydrogens is 701 g/mol. The molecule has 0 bridgehead atoms. The topological polar surface area (TPSA) is 6.48 Å². The van der Waals surface area contributed by atoms with Gasteiger partial charge in [0, 0.05) is 33.5 Å². The molecule has 0 spiro atoms. The Morgan fingerprint density at radius 2 is 0.517 bits per heavy atom. The second kappa shape index (κ2) is 14.1. The summed E-state index contributed by atoms with van der Waals surface area (Å²) in [6.07, 6.45) is 0. The average Bonchev–Trinajstić information content (AvgIpc) is 3.30. The second-order valence-corrected chi connectivity index (χ2v) is 14.9. The van der Waals surface area contributed by atoms with Crippen molar-refractivity contribution in [1.82, 2.24) is 0 Å². The van der Waals surface area contributed by atoms with E-state index in [4.69, 9.17) is 0 Å². The van der Waals surface area contributed by atoms with Crippen molar-refractivity contribution in [3.8, 4) is 22.3 Å². The fourth-order valence-electron chi connectivity index (χ4n) is 8.99. The third kappa shape index (κ3) is 5.66. The highest BCUT2D eigenvalue weighted by molar-refractivity contribution is 6.35. The minimum atomic E-state index is 1.12. The highest BCUT2D eigenvalue weighted by atomic mass is 15.1. The molecule has 0 amide bonds. The predicted octanol–water partition coefficient (Wildman–Crippen LogP) is 16.0. The molecule has 0 aromatic heterocycles. The van der Waals surface area contributed by atoms with Crippen molar-refractivity contribution in [2.45, 2.75) is 0 Å². The van der Waals surface area contributed by atoms with E-state index in [2.05, 4.69) is 240 Å². The summed E-state index contributed by atoms with van der Waals surface area (Å²) < 4.78 is 0. The Kier molecular flexibility index (Phi) is 8.19. The number of anilines is 6. The van der Waals surface area contributed by atoms with Crippen LogP contribution in [0.3, 0.4) is 0 Å². The minimum Gasteiger partial charge on any atom is -0.310 e. The van der Waals surface area contributed by atoms with Crippen molar-refractivity contribution in [2.75, 3.05) is 9.80 Å². The number of para-hydroxylation sites is 2. The van der Waals surface area contributed by atoms with Crippen LogP contribution in [0.5, 0.6) is 0 Å². The van der Waals surface area contributed by atoms with Crippen LogP contribution in [0.25, 0.3) is 65.3 Å². The molecule has 272 valence electrons. The van der Waals surface area contributed by atoms with Crippen molar-refractivity contribution in [3.05, 3.63) is 231 Å². The molecule has 58 heavy (non-hydrogen) atoms. The van der Waals surface area contributed by atoms with Crippen molar-refractivity contribution < 1.29 is 0 Å². The summed E-state index contributed by atoms with van der Waals surface area (Å²) in [5, 5.41) is 10.0. The number of nitrogens with zero attached hydrogens (tertiary/aromatic N) is 2. The van der Waals surface area contributed by atoms with Crippen molar-refractivity contribution in [1.29, 1.82) is 0 Å². The molecule has 0 saturated carbocycles. The number of fused-ring (bicyclic) bond motifs is 2. The lowest BCUT2D eigenvalue weighted by atomic mass is 9.88. The number of rotatable bonds is 8. The maximum Gasteiger partial charge on any atom is 0.0540 e. The zero-order valence-electron chi connectivity index (χ0n) is 31.8. The van der Waals surface area contributed by atoms with Crippen LogP contribution >= 0.6 is 0 Å². The van der Waals surface area contributed by atoms with Gasteiger partial charge in [0.2, 0.25) is 0 Å². The van der Waals surface area contributed by atoms with Gasteiger partial charge in [-0.15, -0.1) is 0 Å². The Labute approximate surface area is 338 Å². The van der Waals surface area contributed by atoms with Gasteiger partial charge in [-0.05, 0) is 115 Å². The quantitative estimate of drug-likeness (QED) is 0.113. The van der Waals surface area contributed by atoms with Crippen LogP contribution in [-0.2, 0) is 0 Å². The van der Waals surface area contributed by atoms with Crippen LogP contribution in [0.1, 0.15) is 0 Å². The van der Waals surface area contributed by atoms with Crippen LogP contribution in [0, 0.1) is 0 Å². The summed E-state index contributed by atoms with van der Waals surface area (Å²) in [5.41, 5.74) is 11.6. The first-order valence-corrected chi connectivity index (χ1v) is 19.9. The van der Waals surface area contributed by atoms with Gasteiger partial charge in [-0.25, -0.2) is 0 Å². The molecule has 0 aliphatic heterocycles. The van der Waals surface area contributed by atoms with E-state index < -0.39 is 0 Å². The van der Waals surface area contributed by atoms with Crippen molar-refractivity contribution in [2.24, 2.45) is 0 Å². The van der Waals surface area contributed by atoms with Gasteiger partial charge in [-0.1, -0.05) is 170 Å². The fourth-order valence-corrected chi connectivity index (χ4v) is 8.99. The highest BCUT2D eigenvalue weighted by Crippen LogP contribution is 2.49. The lowest BCUT2D eigenvalue weighted by molar-refractivity contribution is 1.30. The van der Waals surface area contributed by atoms with Gasteiger partial charge in [0.25, 0.3) is 0 Å². The molecule has 0 heterocycles. The molecule has 2 heteroatoms. The van der Waals surface area contributed by atoms with E-state index in [0.717, 1.165) is 34.1 Å². The molecule has 11 rings (SSSR count). The standard InChI is InChI=1S/C56H38N2/c1-5-17-39(18-6-1)41-21-13-27-45(37-41)57(43-23-9-3-10-24-43)53-35-33-49-50-34-36-54(52-32-16-30-48(56(50)52)47-29-15-31-51(53)55(47)49)58(44-25-11-4-12-26-44)46-28-14-22-42(38-46)40-19-7-2-8-20-40/h1-38H. The molecule has 0 N–H and O–H groups in total. The van der Waals surface area contributed by atoms with Crippen LogP contribution < -0.4 is 9.80 Å². The van der Waals surface area contributed by atoms with Gasteiger partial charge in [-0.3, -0.25) is 0 Å². The molecule has 11 aromatic carbocycles. The number of benzene rings is 11. The molecule has 0 saturated heterocycles. The lowest BCUT2D eigenvalue weighted by Gasteiger charge is -2.29. The first-order chi connectivity index (χ1) is 28.8. The minimum absolute atomic E-state index is 1.12. The fraction of sp³-hybridized carbons (Fsp3) is 0. The van der Waals surface area contributed by atoms with Gasteiger partial charge in [0.15, 0.2) is 0 Å². The summed E-state index contributed by atoms with van der Waals surface area (Å²) in [7, 11) is 0. The number of hydrogen-bond donors (Lipinski definition) is 0.